The van der Waals surface area contributed by atoms with E-state index in [1.165, 1.54) is 4.90 Å². The summed E-state index contributed by atoms with van der Waals surface area (Å²) in [6, 6.07) is 10.4. The van der Waals surface area contributed by atoms with Gasteiger partial charge in [0.1, 0.15) is 17.5 Å². The van der Waals surface area contributed by atoms with E-state index in [1.807, 2.05) is 32.0 Å². The molecule has 2 aromatic rings. The van der Waals surface area contributed by atoms with Crippen molar-refractivity contribution in [3.8, 4) is 11.5 Å². The maximum absolute atomic E-state index is 12.9. The molecule has 1 N–H and O–H groups in total. The zero-order valence-corrected chi connectivity index (χ0v) is 15.3. The van der Waals surface area contributed by atoms with Crippen molar-refractivity contribution < 1.29 is 19.1 Å². The highest BCUT2D eigenvalue weighted by Gasteiger charge is 2.41. The summed E-state index contributed by atoms with van der Waals surface area (Å²) < 4.78 is 10.5. The van der Waals surface area contributed by atoms with Crippen LogP contribution in [-0.4, -0.2) is 32.1 Å². The van der Waals surface area contributed by atoms with Crippen molar-refractivity contribution >= 4 is 23.2 Å². The Morgan fingerprint density at radius 3 is 2.35 bits per heavy atom. The number of amides is 2. The molecule has 0 aliphatic carbocycles. The summed E-state index contributed by atoms with van der Waals surface area (Å²) >= 11 is 0. The number of imide groups is 1. The van der Waals surface area contributed by atoms with E-state index in [0.29, 0.717) is 22.9 Å². The molecule has 1 atom stereocenters. The number of ether oxygens (including phenoxy) is 2. The van der Waals surface area contributed by atoms with Crippen molar-refractivity contribution in [2.75, 3.05) is 24.4 Å². The SMILES string of the molecule is COc1ccc(N[C@@H]2CC(=O)N(c3c(C)cccc3C)C2=O)c(OC)c1. The number of para-hydroxylation sites is 1. The molecule has 0 unspecified atom stereocenters. The van der Waals surface area contributed by atoms with Gasteiger partial charge in [-0.15, -0.1) is 0 Å². The molecule has 0 radical (unpaired) electrons. The third-order valence-electron chi connectivity index (χ3n) is 4.55. The lowest BCUT2D eigenvalue weighted by molar-refractivity contribution is -0.121. The van der Waals surface area contributed by atoms with Crippen LogP contribution in [0.1, 0.15) is 17.5 Å². The van der Waals surface area contributed by atoms with Crippen LogP contribution in [0.2, 0.25) is 0 Å². The van der Waals surface area contributed by atoms with Gasteiger partial charge < -0.3 is 14.8 Å². The molecule has 0 saturated carbocycles. The first kappa shape index (κ1) is 17.8. The van der Waals surface area contributed by atoms with Gasteiger partial charge in [0.2, 0.25) is 5.91 Å². The smallest absolute Gasteiger partial charge is 0.256 e. The maximum atomic E-state index is 12.9. The Bertz CT molecular complexity index is 843. The predicted molar refractivity (Wildman–Crippen MR) is 100.0 cm³/mol. The quantitative estimate of drug-likeness (QED) is 0.836. The Balaban J connectivity index is 1.88. The molecule has 1 aliphatic rings. The summed E-state index contributed by atoms with van der Waals surface area (Å²) in [7, 11) is 3.12. The van der Waals surface area contributed by atoms with Crippen molar-refractivity contribution in [2.24, 2.45) is 0 Å². The number of benzene rings is 2. The standard InChI is InChI=1S/C20H22N2O4/c1-12-6-5-7-13(2)19(12)22-18(23)11-16(20(22)24)21-15-9-8-14(25-3)10-17(15)26-4/h5-10,16,21H,11H2,1-4H3/t16-/m1/s1. The molecule has 1 aliphatic heterocycles. The van der Waals surface area contributed by atoms with Gasteiger partial charge in [-0.3, -0.25) is 9.59 Å². The molecular formula is C20H22N2O4. The Labute approximate surface area is 152 Å². The largest absolute Gasteiger partial charge is 0.497 e. The van der Waals surface area contributed by atoms with Gasteiger partial charge in [-0.25, -0.2) is 4.90 Å². The van der Waals surface area contributed by atoms with Crippen molar-refractivity contribution in [1.29, 1.82) is 0 Å². The molecule has 2 amide bonds. The Hall–Kier alpha value is -3.02. The zero-order chi connectivity index (χ0) is 18.8. The number of methoxy groups -OCH3 is 2. The Morgan fingerprint density at radius 2 is 1.73 bits per heavy atom. The summed E-state index contributed by atoms with van der Waals surface area (Å²) in [6.07, 6.45) is 0.0990. The van der Waals surface area contributed by atoms with Crippen molar-refractivity contribution in [3.63, 3.8) is 0 Å². The third kappa shape index (κ3) is 3.10. The minimum absolute atomic E-state index is 0.0990. The molecule has 6 heteroatoms. The number of carbonyl (C=O) groups excluding carboxylic acids is 2. The van der Waals surface area contributed by atoms with Crippen LogP contribution in [0.5, 0.6) is 11.5 Å². The number of aryl methyl sites for hydroxylation is 2. The van der Waals surface area contributed by atoms with E-state index < -0.39 is 6.04 Å². The van der Waals surface area contributed by atoms with Crippen LogP contribution in [-0.2, 0) is 9.59 Å². The van der Waals surface area contributed by atoms with Gasteiger partial charge in [-0.1, -0.05) is 18.2 Å². The average molecular weight is 354 g/mol. The molecule has 0 bridgehead atoms. The number of carbonyl (C=O) groups is 2. The fourth-order valence-electron chi connectivity index (χ4n) is 3.24. The van der Waals surface area contributed by atoms with Crippen LogP contribution in [0.3, 0.4) is 0 Å². The molecule has 136 valence electrons. The lowest BCUT2D eigenvalue weighted by Gasteiger charge is -2.20. The second-order valence-corrected chi connectivity index (χ2v) is 6.28. The second kappa shape index (κ2) is 7.07. The molecule has 6 nitrogen and oxygen atoms in total. The topological polar surface area (TPSA) is 67.9 Å². The summed E-state index contributed by atoms with van der Waals surface area (Å²) in [5, 5.41) is 3.14. The van der Waals surface area contributed by atoms with Gasteiger partial charge in [0.15, 0.2) is 0 Å². The van der Waals surface area contributed by atoms with Gasteiger partial charge >= 0.3 is 0 Å². The van der Waals surface area contributed by atoms with Crippen LogP contribution < -0.4 is 19.7 Å². The summed E-state index contributed by atoms with van der Waals surface area (Å²) in [4.78, 5) is 26.8. The van der Waals surface area contributed by atoms with Crippen LogP contribution in [0.25, 0.3) is 0 Å². The van der Waals surface area contributed by atoms with Crippen molar-refractivity contribution in [3.05, 3.63) is 47.5 Å². The predicted octanol–water partition coefficient (Wildman–Crippen LogP) is 3.06. The lowest BCUT2D eigenvalue weighted by atomic mass is 10.1. The number of anilines is 2. The van der Waals surface area contributed by atoms with Crippen molar-refractivity contribution in [1.82, 2.24) is 0 Å². The monoisotopic (exact) mass is 354 g/mol. The van der Waals surface area contributed by atoms with Crippen molar-refractivity contribution in [2.45, 2.75) is 26.3 Å². The van der Waals surface area contributed by atoms with E-state index in [-0.39, 0.29) is 18.2 Å². The molecule has 0 spiro atoms. The van der Waals surface area contributed by atoms with Crippen LogP contribution in [0.4, 0.5) is 11.4 Å². The van der Waals surface area contributed by atoms with Gasteiger partial charge in [-0.05, 0) is 37.1 Å². The minimum atomic E-state index is -0.635. The van der Waals surface area contributed by atoms with Crippen LogP contribution in [0, 0.1) is 13.8 Å². The summed E-state index contributed by atoms with van der Waals surface area (Å²) in [5.41, 5.74) is 3.11. The molecule has 2 aromatic carbocycles. The zero-order valence-electron chi connectivity index (χ0n) is 15.3. The number of nitrogens with one attached hydrogen (secondary N) is 1. The molecule has 26 heavy (non-hydrogen) atoms. The molecule has 0 aromatic heterocycles. The molecule has 1 saturated heterocycles. The van der Waals surface area contributed by atoms with E-state index in [9.17, 15) is 9.59 Å². The second-order valence-electron chi connectivity index (χ2n) is 6.28. The summed E-state index contributed by atoms with van der Waals surface area (Å²) in [6.45, 7) is 3.80. The van der Waals surface area contributed by atoms with E-state index in [2.05, 4.69) is 5.32 Å². The number of rotatable bonds is 5. The highest BCUT2D eigenvalue weighted by atomic mass is 16.5. The number of hydrogen-bond donors (Lipinski definition) is 1. The van der Waals surface area contributed by atoms with Gasteiger partial charge in [0.05, 0.1) is 32.0 Å². The van der Waals surface area contributed by atoms with Gasteiger partial charge in [0.25, 0.3) is 5.91 Å². The van der Waals surface area contributed by atoms with Gasteiger partial charge in [0, 0.05) is 6.07 Å². The maximum Gasteiger partial charge on any atom is 0.256 e. The van der Waals surface area contributed by atoms with Gasteiger partial charge in [-0.2, -0.15) is 0 Å². The Morgan fingerprint density at radius 1 is 1.04 bits per heavy atom. The summed E-state index contributed by atoms with van der Waals surface area (Å²) in [5.74, 6) is 0.733. The number of hydrogen-bond acceptors (Lipinski definition) is 5. The molecule has 1 heterocycles. The van der Waals surface area contributed by atoms with Crippen LogP contribution >= 0.6 is 0 Å². The highest BCUT2D eigenvalue weighted by molar-refractivity contribution is 6.23. The number of nitrogens with zero attached hydrogens (tertiary/aromatic N) is 1. The van der Waals surface area contributed by atoms with E-state index in [1.54, 1.807) is 32.4 Å². The molecule has 3 rings (SSSR count). The first-order chi connectivity index (χ1) is 12.5. The molecular weight excluding hydrogens is 332 g/mol. The minimum Gasteiger partial charge on any atom is -0.497 e. The van der Waals surface area contributed by atoms with E-state index >= 15 is 0 Å². The van der Waals surface area contributed by atoms with E-state index in [4.69, 9.17) is 9.47 Å². The van der Waals surface area contributed by atoms with Crippen LogP contribution in [0.15, 0.2) is 36.4 Å². The average Bonchev–Trinajstić information content (AvgIpc) is 2.89. The first-order valence-corrected chi connectivity index (χ1v) is 8.38. The fourth-order valence-corrected chi connectivity index (χ4v) is 3.24. The molecule has 1 fully saturated rings. The highest BCUT2D eigenvalue weighted by Crippen LogP contribution is 2.33. The van der Waals surface area contributed by atoms with E-state index in [0.717, 1.165) is 11.1 Å². The lowest BCUT2D eigenvalue weighted by Crippen LogP contribution is -2.35. The first-order valence-electron chi connectivity index (χ1n) is 8.38. The fraction of sp³-hybridized carbons (Fsp3) is 0.300. The third-order valence-corrected chi connectivity index (χ3v) is 4.55. The Kier molecular flexibility index (Phi) is 4.84. The normalized spacial score (nSPS) is 16.8.